The van der Waals surface area contributed by atoms with Crippen LogP contribution in [-0.2, 0) is 0 Å². The average molecular weight is 779 g/mol. The van der Waals surface area contributed by atoms with Crippen LogP contribution in [0.4, 0.5) is 0 Å². The Labute approximate surface area is 362 Å². The quantitative estimate of drug-likeness (QED) is 0.178. The third kappa shape index (κ3) is 5.34. The third-order valence-corrected chi connectivity index (χ3v) is 12.1. The van der Waals surface area contributed by atoms with Crippen LogP contribution in [0.15, 0.2) is 162 Å². The summed E-state index contributed by atoms with van der Waals surface area (Å²) in [6.07, 6.45) is 0. The van der Waals surface area contributed by atoms with Crippen molar-refractivity contribution < 1.29 is 4.42 Å². The Morgan fingerprint density at radius 1 is 0.371 bits per heavy atom. The number of furan rings is 1. The van der Waals surface area contributed by atoms with Gasteiger partial charge in [-0.1, -0.05) is 114 Å². The molecule has 0 aliphatic carbocycles. The molecule has 0 N–H and O–H groups in total. The number of rotatable bonds is 5. The van der Waals surface area contributed by atoms with Crippen LogP contribution in [0.2, 0.25) is 0 Å². The van der Waals surface area contributed by atoms with E-state index in [9.17, 15) is 0 Å². The van der Waals surface area contributed by atoms with Gasteiger partial charge in [0.25, 0.3) is 0 Å². The maximum atomic E-state index is 6.67. The molecule has 0 amide bonds. The molecule has 4 heterocycles. The van der Waals surface area contributed by atoms with E-state index in [1.165, 1.54) is 0 Å². The van der Waals surface area contributed by atoms with E-state index in [2.05, 4.69) is 95.6 Å². The number of para-hydroxylation sites is 3. The summed E-state index contributed by atoms with van der Waals surface area (Å²) >= 11 is 0. The van der Waals surface area contributed by atoms with Gasteiger partial charge >= 0.3 is 0 Å². The molecule has 6 nitrogen and oxygen atoms in total. The van der Waals surface area contributed by atoms with Gasteiger partial charge in [0.15, 0.2) is 11.6 Å². The second kappa shape index (κ2) is 13.8. The first kappa shape index (κ1) is 36.4. The Balaban J connectivity index is 1.13. The van der Waals surface area contributed by atoms with Crippen LogP contribution in [0, 0.1) is 0 Å². The summed E-state index contributed by atoms with van der Waals surface area (Å²) in [6, 6.07) is 54.1. The summed E-state index contributed by atoms with van der Waals surface area (Å²) in [5.41, 5.74) is 10.3. The molecule has 0 aliphatic rings. The van der Waals surface area contributed by atoms with Gasteiger partial charge in [-0.25, -0.2) is 4.98 Å². The minimum atomic E-state index is 0.104. The lowest BCUT2D eigenvalue weighted by atomic mass is 9.60. The summed E-state index contributed by atoms with van der Waals surface area (Å²) in [7, 11) is 32.4. The van der Waals surface area contributed by atoms with Crippen molar-refractivity contribution in [2.24, 2.45) is 0 Å². The minimum absolute atomic E-state index is 0.104. The summed E-state index contributed by atoms with van der Waals surface area (Å²) < 4.78 is 11.0. The molecule has 0 saturated heterocycles. The number of hydrogen-bond donors (Lipinski definition) is 0. The maximum Gasteiger partial charge on any atom is 0.238 e. The van der Waals surface area contributed by atoms with Crippen LogP contribution in [0.5, 0.6) is 0 Å². The fourth-order valence-corrected chi connectivity index (χ4v) is 9.11. The monoisotopic (exact) mass is 779 g/mol. The molecule has 276 valence electrons. The van der Waals surface area contributed by atoms with Gasteiger partial charge in [-0.2, -0.15) is 9.97 Å². The molecule has 62 heavy (non-hydrogen) atoms. The summed E-state index contributed by atoms with van der Waals surface area (Å²) in [4.78, 5) is 15.3. The van der Waals surface area contributed by atoms with Crippen LogP contribution in [-0.4, -0.2) is 63.3 Å². The van der Waals surface area contributed by atoms with E-state index >= 15 is 0 Å². The number of aromatic nitrogens is 5. The van der Waals surface area contributed by atoms with Gasteiger partial charge in [0, 0.05) is 38.1 Å². The SMILES string of the molecule is [B]c1c([B])c([B])c(-c2nc(-c3ccc4oc5cccc(-n6c7ccccc7c7ccc(-c8ccccc8)cc76)c5c4c3)nc(-n3c4ccccc4c4ccccc43)n2)c([B])c1[B]. The molecule has 4 aromatic heterocycles. The topological polar surface area (TPSA) is 61.7 Å². The first-order valence-corrected chi connectivity index (χ1v) is 20.1. The van der Waals surface area contributed by atoms with Crippen LogP contribution in [0.1, 0.15) is 0 Å². The predicted octanol–water partition coefficient (Wildman–Crippen LogP) is 6.94. The van der Waals surface area contributed by atoms with Gasteiger partial charge in [0.2, 0.25) is 5.95 Å². The second-order valence-electron chi connectivity index (χ2n) is 15.5. The van der Waals surface area contributed by atoms with Crippen molar-refractivity contribution in [2.75, 3.05) is 0 Å². The van der Waals surface area contributed by atoms with Gasteiger partial charge in [0.05, 0.1) is 33.1 Å². The average Bonchev–Trinajstić information content (AvgIpc) is 3.98. The normalized spacial score (nSPS) is 11.9. The number of benzene rings is 8. The van der Waals surface area contributed by atoms with Gasteiger partial charge in [-0.15, -0.1) is 16.4 Å². The molecule has 12 rings (SSSR count). The fraction of sp³-hybridized carbons (Fsp3) is 0. The summed E-state index contributed by atoms with van der Waals surface area (Å²) in [5.74, 6) is 0.919. The molecule has 0 saturated carbocycles. The van der Waals surface area contributed by atoms with Crippen LogP contribution in [0.3, 0.4) is 0 Å². The Morgan fingerprint density at radius 2 is 0.935 bits per heavy atom. The highest BCUT2D eigenvalue weighted by atomic mass is 16.3. The first-order valence-electron chi connectivity index (χ1n) is 20.1. The third-order valence-electron chi connectivity index (χ3n) is 12.1. The van der Waals surface area contributed by atoms with Crippen LogP contribution >= 0.6 is 0 Å². The molecule has 8 aromatic carbocycles. The van der Waals surface area contributed by atoms with E-state index in [-0.39, 0.29) is 38.7 Å². The first-order chi connectivity index (χ1) is 30.3. The van der Waals surface area contributed by atoms with E-state index in [0.717, 1.165) is 76.8 Å². The molecule has 0 atom stereocenters. The predicted molar refractivity (Wildman–Crippen MR) is 259 cm³/mol. The number of hydrogen-bond acceptors (Lipinski definition) is 4. The zero-order chi connectivity index (χ0) is 41.8. The van der Waals surface area contributed by atoms with E-state index in [4.69, 9.17) is 58.6 Å². The smallest absolute Gasteiger partial charge is 0.238 e. The van der Waals surface area contributed by atoms with Crippen LogP contribution < -0.4 is 27.3 Å². The molecule has 0 aliphatic heterocycles. The zero-order valence-electron chi connectivity index (χ0n) is 33.0. The Hall–Kier alpha value is -7.51. The van der Waals surface area contributed by atoms with Crippen molar-refractivity contribution in [3.05, 3.63) is 158 Å². The second-order valence-corrected chi connectivity index (χ2v) is 15.5. The molecule has 12 aromatic rings. The van der Waals surface area contributed by atoms with Crippen molar-refractivity contribution in [3.63, 3.8) is 0 Å². The molecular formula is C51H26B5N5O. The molecular weight excluding hydrogens is 753 g/mol. The summed E-state index contributed by atoms with van der Waals surface area (Å²) in [6.45, 7) is 0. The highest BCUT2D eigenvalue weighted by Gasteiger charge is 2.23. The largest absolute Gasteiger partial charge is 0.456 e. The molecule has 0 bridgehead atoms. The standard InChI is InChI=1S/C51H26B5N5O/c52-44-43(45(53)47(55)48(56)46(44)54)50-57-49(58-51(59-50)61-36-17-8-5-13-30(36)31-14-6-9-18-37(31)61)29-22-24-40-34(25-29)42-38(19-10-20-41(42)62-40)60-35-16-7-4-15-32(35)33-23-21-28(26-39(33)60)27-11-2-1-3-12-27/h1-26H. The number of nitrogens with zero attached hydrogens (tertiary/aromatic N) is 5. The van der Waals surface area contributed by atoms with Gasteiger partial charge in [-0.05, 0) is 65.7 Å². The highest BCUT2D eigenvalue weighted by Crippen LogP contribution is 2.41. The fourth-order valence-electron chi connectivity index (χ4n) is 9.11. The zero-order valence-corrected chi connectivity index (χ0v) is 33.0. The molecule has 0 fully saturated rings. The van der Waals surface area contributed by atoms with Crippen molar-refractivity contribution >= 4 is 132 Å². The lowest BCUT2D eigenvalue weighted by Gasteiger charge is -2.21. The lowest BCUT2D eigenvalue weighted by molar-refractivity contribution is 0.669. The Morgan fingerprint density at radius 3 is 1.61 bits per heavy atom. The van der Waals surface area contributed by atoms with Gasteiger partial charge < -0.3 is 8.98 Å². The Bertz CT molecular complexity index is 3750. The molecule has 0 spiro atoms. The van der Waals surface area contributed by atoms with E-state index in [0.29, 0.717) is 22.9 Å². The Kier molecular flexibility index (Phi) is 8.07. The van der Waals surface area contributed by atoms with Gasteiger partial charge in [0.1, 0.15) is 50.4 Å². The minimum Gasteiger partial charge on any atom is -0.456 e. The number of fused-ring (bicyclic) bond motifs is 9. The van der Waals surface area contributed by atoms with Crippen molar-refractivity contribution in [1.82, 2.24) is 24.1 Å². The van der Waals surface area contributed by atoms with Crippen molar-refractivity contribution in [2.45, 2.75) is 0 Å². The van der Waals surface area contributed by atoms with Crippen molar-refractivity contribution in [3.8, 4) is 45.5 Å². The molecule has 0 unspecified atom stereocenters. The van der Waals surface area contributed by atoms with E-state index in [1.54, 1.807) is 0 Å². The lowest BCUT2D eigenvalue weighted by Crippen LogP contribution is -2.55. The maximum absolute atomic E-state index is 6.67. The van der Waals surface area contributed by atoms with Gasteiger partial charge in [-0.3, -0.25) is 4.57 Å². The molecule has 11 heteroatoms. The van der Waals surface area contributed by atoms with Crippen molar-refractivity contribution in [1.29, 1.82) is 0 Å². The molecule has 10 radical (unpaired) electrons. The highest BCUT2D eigenvalue weighted by molar-refractivity contribution is 6.68. The van der Waals surface area contributed by atoms with E-state index < -0.39 is 0 Å². The van der Waals surface area contributed by atoms with Crippen LogP contribution in [0.25, 0.3) is 111 Å². The summed E-state index contributed by atoms with van der Waals surface area (Å²) in [5, 5.41) is 6.24. The van der Waals surface area contributed by atoms with E-state index in [1.807, 2.05) is 71.3 Å².